The highest BCUT2D eigenvalue weighted by molar-refractivity contribution is 5.77. The summed E-state index contributed by atoms with van der Waals surface area (Å²) in [6, 6.07) is 0. The number of amides is 2. The van der Waals surface area contributed by atoms with Crippen molar-refractivity contribution in [2.24, 2.45) is 23.7 Å². The fourth-order valence-electron chi connectivity index (χ4n) is 4.18. The lowest BCUT2D eigenvalue weighted by atomic mass is 9.69. The lowest BCUT2D eigenvalue weighted by Gasteiger charge is -2.38. The van der Waals surface area contributed by atoms with Gasteiger partial charge in [-0.15, -0.1) is 0 Å². The first kappa shape index (κ1) is 21.9. The van der Waals surface area contributed by atoms with Gasteiger partial charge < -0.3 is 19.7 Å². The quantitative estimate of drug-likeness (QED) is 0.656. The van der Waals surface area contributed by atoms with Crippen molar-refractivity contribution in [1.29, 1.82) is 0 Å². The molecule has 0 radical (unpaired) electrons. The van der Waals surface area contributed by atoms with Crippen molar-refractivity contribution in [1.82, 2.24) is 10.2 Å². The van der Waals surface area contributed by atoms with Crippen molar-refractivity contribution in [3.63, 3.8) is 0 Å². The number of carbonyl (C=O) groups is 2. The molecule has 0 unspecified atom stereocenters. The lowest BCUT2D eigenvalue weighted by Crippen LogP contribution is -2.42. The van der Waals surface area contributed by atoms with Crippen LogP contribution in [0.15, 0.2) is 11.6 Å². The third kappa shape index (κ3) is 6.61. The molecule has 2 rings (SSSR count). The van der Waals surface area contributed by atoms with Crippen LogP contribution in [0.3, 0.4) is 0 Å². The van der Waals surface area contributed by atoms with E-state index in [9.17, 15) is 9.59 Å². The molecule has 1 aliphatic heterocycles. The standard InChI is InChI=1S/C21H36N2O4/c1-15(2)19-12-17(13-21(25)23-6-9-27-10-7-23)16(3)11-18(19)14-22-20(24)5-8-26-4/h11,15,17-19H,5-10,12-14H2,1-4H3,(H,22,24)/t17-,18-,19-/m0/s1. The van der Waals surface area contributed by atoms with E-state index < -0.39 is 0 Å². The van der Waals surface area contributed by atoms with E-state index in [0.717, 1.165) is 6.42 Å². The van der Waals surface area contributed by atoms with Crippen molar-refractivity contribution < 1.29 is 19.1 Å². The monoisotopic (exact) mass is 380 g/mol. The Morgan fingerprint density at radius 1 is 1.33 bits per heavy atom. The zero-order valence-corrected chi connectivity index (χ0v) is 17.3. The number of methoxy groups -OCH3 is 1. The topological polar surface area (TPSA) is 67.9 Å². The van der Waals surface area contributed by atoms with Gasteiger partial charge in [-0.05, 0) is 37.0 Å². The molecule has 0 aromatic heterocycles. The summed E-state index contributed by atoms with van der Waals surface area (Å²) in [5.74, 6) is 1.88. The minimum Gasteiger partial charge on any atom is -0.384 e. The predicted octanol–water partition coefficient (Wildman–Crippen LogP) is 2.24. The highest BCUT2D eigenvalue weighted by atomic mass is 16.5. The Morgan fingerprint density at radius 3 is 2.67 bits per heavy atom. The number of nitrogens with one attached hydrogen (secondary N) is 1. The zero-order chi connectivity index (χ0) is 19.8. The second kappa shape index (κ2) is 10.8. The largest absolute Gasteiger partial charge is 0.384 e. The normalized spacial score (nSPS) is 26.0. The van der Waals surface area contributed by atoms with Gasteiger partial charge in [-0.3, -0.25) is 9.59 Å². The van der Waals surface area contributed by atoms with E-state index in [0.29, 0.717) is 76.0 Å². The second-order valence-corrected chi connectivity index (χ2v) is 8.16. The highest BCUT2D eigenvalue weighted by Gasteiger charge is 2.33. The third-order valence-electron chi connectivity index (χ3n) is 5.94. The summed E-state index contributed by atoms with van der Waals surface area (Å²) in [5.41, 5.74) is 1.28. The summed E-state index contributed by atoms with van der Waals surface area (Å²) >= 11 is 0. The van der Waals surface area contributed by atoms with Crippen LogP contribution >= 0.6 is 0 Å². The molecular formula is C21H36N2O4. The molecule has 1 N–H and O–H groups in total. The van der Waals surface area contributed by atoms with E-state index in [-0.39, 0.29) is 11.8 Å². The van der Waals surface area contributed by atoms with Gasteiger partial charge in [0.05, 0.1) is 19.8 Å². The van der Waals surface area contributed by atoms with Gasteiger partial charge in [0.1, 0.15) is 0 Å². The molecule has 0 aromatic rings. The molecule has 2 aliphatic rings. The first-order valence-corrected chi connectivity index (χ1v) is 10.2. The summed E-state index contributed by atoms with van der Waals surface area (Å²) in [5, 5.41) is 3.05. The molecule has 1 saturated heterocycles. The van der Waals surface area contributed by atoms with Crippen LogP contribution in [-0.4, -0.2) is 63.3 Å². The van der Waals surface area contributed by atoms with Gasteiger partial charge in [0.15, 0.2) is 0 Å². The van der Waals surface area contributed by atoms with Gasteiger partial charge in [-0.2, -0.15) is 0 Å². The number of ether oxygens (including phenoxy) is 2. The first-order valence-electron chi connectivity index (χ1n) is 10.2. The molecule has 1 heterocycles. The van der Waals surface area contributed by atoms with E-state index in [1.165, 1.54) is 5.57 Å². The summed E-state index contributed by atoms with van der Waals surface area (Å²) in [6.45, 7) is 10.4. The molecule has 27 heavy (non-hydrogen) atoms. The van der Waals surface area contributed by atoms with E-state index in [1.54, 1.807) is 7.11 Å². The number of rotatable bonds is 8. The van der Waals surface area contributed by atoms with Gasteiger partial charge >= 0.3 is 0 Å². The van der Waals surface area contributed by atoms with Crippen LogP contribution in [0, 0.1) is 23.7 Å². The van der Waals surface area contributed by atoms with Crippen molar-refractivity contribution in [2.75, 3.05) is 46.6 Å². The summed E-state index contributed by atoms with van der Waals surface area (Å²) in [7, 11) is 1.60. The zero-order valence-electron chi connectivity index (χ0n) is 17.3. The number of hydrogen-bond donors (Lipinski definition) is 1. The molecule has 6 nitrogen and oxygen atoms in total. The van der Waals surface area contributed by atoms with Crippen LogP contribution in [0.4, 0.5) is 0 Å². The molecule has 0 bridgehead atoms. The molecule has 154 valence electrons. The van der Waals surface area contributed by atoms with Crippen molar-refractivity contribution >= 4 is 11.8 Å². The number of nitrogens with zero attached hydrogens (tertiary/aromatic N) is 1. The Hall–Kier alpha value is -1.40. The molecule has 1 fully saturated rings. The van der Waals surface area contributed by atoms with Gasteiger partial charge in [-0.25, -0.2) is 0 Å². The number of hydrogen-bond acceptors (Lipinski definition) is 4. The maximum Gasteiger partial charge on any atom is 0.223 e. The molecule has 0 aromatic carbocycles. The molecule has 3 atom stereocenters. The van der Waals surface area contributed by atoms with Crippen LogP contribution in [0.25, 0.3) is 0 Å². The van der Waals surface area contributed by atoms with Crippen LogP contribution in [-0.2, 0) is 19.1 Å². The van der Waals surface area contributed by atoms with E-state index in [4.69, 9.17) is 9.47 Å². The smallest absolute Gasteiger partial charge is 0.223 e. The highest BCUT2D eigenvalue weighted by Crippen LogP contribution is 2.39. The average Bonchev–Trinajstić information content (AvgIpc) is 2.66. The van der Waals surface area contributed by atoms with E-state index >= 15 is 0 Å². The van der Waals surface area contributed by atoms with Gasteiger partial charge in [0, 0.05) is 39.6 Å². The minimum atomic E-state index is 0.0371. The Labute approximate surface area is 163 Å². The summed E-state index contributed by atoms with van der Waals surface area (Å²) < 4.78 is 10.3. The Kier molecular flexibility index (Phi) is 8.77. The van der Waals surface area contributed by atoms with Gasteiger partial charge in [0.2, 0.25) is 11.8 Å². The SMILES string of the molecule is COCCC(=O)NC[C@@H]1C=C(C)[C@H](CC(=O)N2CCOCC2)C[C@H]1C(C)C. The molecule has 2 amide bonds. The average molecular weight is 381 g/mol. The minimum absolute atomic E-state index is 0.0371. The second-order valence-electron chi connectivity index (χ2n) is 8.16. The van der Waals surface area contributed by atoms with Crippen molar-refractivity contribution in [3.05, 3.63) is 11.6 Å². The predicted molar refractivity (Wildman–Crippen MR) is 105 cm³/mol. The fraction of sp³-hybridized carbons (Fsp3) is 0.810. The number of allylic oxidation sites excluding steroid dienone is 1. The van der Waals surface area contributed by atoms with Crippen LogP contribution in [0.2, 0.25) is 0 Å². The van der Waals surface area contributed by atoms with Crippen LogP contribution in [0.1, 0.15) is 40.0 Å². The number of morpholine rings is 1. The molecular weight excluding hydrogens is 344 g/mol. The molecule has 1 aliphatic carbocycles. The fourth-order valence-corrected chi connectivity index (χ4v) is 4.18. The van der Waals surface area contributed by atoms with E-state index in [1.807, 2.05) is 4.90 Å². The number of carbonyl (C=O) groups excluding carboxylic acids is 2. The van der Waals surface area contributed by atoms with E-state index in [2.05, 4.69) is 32.2 Å². The first-order chi connectivity index (χ1) is 12.9. The maximum atomic E-state index is 12.7. The molecule has 0 saturated carbocycles. The summed E-state index contributed by atoms with van der Waals surface area (Å²) in [6.07, 6.45) is 4.28. The molecule has 6 heteroatoms. The van der Waals surface area contributed by atoms with Crippen molar-refractivity contribution in [2.45, 2.75) is 40.0 Å². The molecule has 0 spiro atoms. The van der Waals surface area contributed by atoms with Gasteiger partial charge in [-0.1, -0.05) is 25.5 Å². The Morgan fingerprint density at radius 2 is 2.04 bits per heavy atom. The Bertz CT molecular complexity index is 526. The van der Waals surface area contributed by atoms with Crippen LogP contribution < -0.4 is 5.32 Å². The van der Waals surface area contributed by atoms with Crippen LogP contribution in [0.5, 0.6) is 0 Å². The maximum absolute atomic E-state index is 12.7. The summed E-state index contributed by atoms with van der Waals surface area (Å²) in [4.78, 5) is 26.5. The lowest BCUT2D eigenvalue weighted by molar-refractivity contribution is -0.136. The van der Waals surface area contributed by atoms with Crippen molar-refractivity contribution in [3.8, 4) is 0 Å². The third-order valence-corrected chi connectivity index (χ3v) is 5.94. The van der Waals surface area contributed by atoms with Gasteiger partial charge in [0.25, 0.3) is 0 Å². The Balaban J connectivity index is 1.95.